The Morgan fingerprint density at radius 3 is 2.88 bits per heavy atom. The van der Waals surface area contributed by atoms with Crippen molar-refractivity contribution in [2.24, 2.45) is 7.05 Å². The zero-order valence-electron chi connectivity index (χ0n) is 15.6. The predicted molar refractivity (Wildman–Crippen MR) is 101 cm³/mol. The van der Waals surface area contributed by atoms with Crippen LogP contribution in [0.2, 0.25) is 0 Å². The molecule has 1 aromatic carbocycles. The number of hydrogen-bond donors (Lipinski definition) is 2. The molecule has 2 aromatic rings. The normalized spacial score (nSPS) is 16.5. The molecule has 140 valence electrons. The summed E-state index contributed by atoms with van der Waals surface area (Å²) in [5.74, 6) is -0.0942. The van der Waals surface area contributed by atoms with E-state index in [2.05, 4.69) is 27.4 Å². The van der Waals surface area contributed by atoms with Crippen LogP contribution in [0, 0.1) is 0 Å². The molecule has 1 aliphatic rings. The van der Waals surface area contributed by atoms with Crippen LogP contribution in [0.5, 0.6) is 0 Å². The Balaban J connectivity index is 1.66. The lowest BCUT2D eigenvalue weighted by atomic mass is 9.90. The molecule has 6 heteroatoms. The number of rotatable bonds is 7. The molecule has 0 saturated carbocycles. The molecule has 1 aromatic heterocycles. The molecule has 0 bridgehead atoms. The molecular weight excluding hydrogens is 328 g/mol. The summed E-state index contributed by atoms with van der Waals surface area (Å²) in [4.78, 5) is 14.9. The Morgan fingerprint density at radius 2 is 2.15 bits per heavy atom. The number of carbonyl (C=O) groups excluding carboxylic acids is 1. The second-order valence-corrected chi connectivity index (χ2v) is 6.99. The maximum absolute atomic E-state index is 12.7. The van der Waals surface area contributed by atoms with Gasteiger partial charge in [-0.15, -0.1) is 0 Å². The van der Waals surface area contributed by atoms with Crippen molar-refractivity contribution in [1.29, 1.82) is 0 Å². The van der Waals surface area contributed by atoms with Gasteiger partial charge >= 0.3 is 0 Å². The van der Waals surface area contributed by atoms with Gasteiger partial charge in [0.15, 0.2) is 5.69 Å². The summed E-state index contributed by atoms with van der Waals surface area (Å²) in [5, 5.41) is 16.7. The highest BCUT2D eigenvalue weighted by atomic mass is 16.3. The van der Waals surface area contributed by atoms with E-state index in [1.807, 2.05) is 37.0 Å². The SMILES string of the molecule is CN(CCO)C1CCc2c(c(C(=O)NCCc3ccccc3)nn2C)C1. The van der Waals surface area contributed by atoms with Crippen molar-refractivity contribution in [1.82, 2.24) is 20.0 Å². The van der Waals surface area contributed by atoms with Crippen LogP contribution in [0.3, 0.4) is 0 Å². The second kappa shape index (κ2) is 8.47. The number of nitrogens with zero attached hydrogens (tertiary/aromatic N) is 3. The molecule has 26 heavy (non-hydrogen) atoms. The van der Waals surface area contributed by atoms with Gasteiger partial charge in [0.05, 0.1) is 6.61 Å². The van der Waals surface area contributed by atoms with Gasteiger partial charge in [-0.25, -0.2) is 0 Å². The number of likely N-dealkylation sites (N-methyl/N-ethyl adjacent to an activating group) is 1. The molecule has 0 fully saturated rings. The Bertz CT molecular complexity index is 742. The molecule has 2 N–H and O–H groups in total. The number of amides is 1. The third-order valence-corrected chi connectivity index (χ3v) is 5.26. The largest absolute Gasteiger partial charge is 0.395 e. The van der Waals surface area contributed by atoms with E-state index >= 15 is 0 Å². The quantitative estimate of drug-likeness (QED) is 0.781. The van der Waals surface area contributed by atoms with Crippen molar-refractivity contribution in [3.63, 3.8) is 0 Å². The molecule has 1 atom stereocenters. The molecule has 1 unspecified atom stereocenters. The Morgan fingerprint density at radius 1 is 1.38 bits per heavy atom. The van der Waals surface area contributed by atoms with Gasteiger partial charge in [-0.05, 0) is 38.3 Å². The topological polar surface area (TPSA) is 70.4 Å². The predicted octanol–water partition coefficient (Wildman–Crippen LogP) is 1.17. The number of carbonyl (C=O) groups is 1. The van der Waals surface area contributed by atoms with Gasteiger partial charge in [0.25, 0.3) is 5.91 Å². The molecule has 0 spiro atoms. The van der Waals surface area contributed by atoms with Crippen LogP contribution < -0.4 is 5.32 Å². The van der Waals surface area contributed by atoms with E-state index in [9.17, 15) is 9.90 Å². The van der Waals surface area contributed by atoms with Gasteiger partial charge in [-0.1, -0.05) is 30.3 Å². The third-order valence-electron chi connectivity index (χ3n) is 5.26. The monoisotopic (exact) mass is 356 g/mol. The van der Waals surface area contributed by atoms with Crippen molar-refractivity contribution < 1.29 is 9.90 Å². The van der Waals surface area contributed by atoms with E-state index in [1.165, 1.54) is 5.56 Å². The smallest absolute Gasteiger partial charge is 0.272 e. The number of nitrogens with one attached hydrogen (secondary N) is 1. The maximum Gasteiger partial charge on any atom is 0.272 e. The first-order valence-corrected chi connectivity index (χ1v) is 9.28. The summed E-state index contributed by atoms with van der Waals surface area (Å²) in [5.41, 5.74) is 3.98. The Labute approximate surface area is 154 Å². The van der Waals surface area contributed by atoms with Crippen LogP contribution in [-0.2, 0) is 26.3 Å². The lowest BCUT2D eigenvalue weighted by Gasteiger charge is -2.31. The first-order valence-electron chi connectivity index (χ1n) is 9.28. The molecule has 0 radical (unpaired) electrons. The van der Waals surface area contributed by atoms with Gasteiger partial charge in [-0.2, -0.15) is 5.10 Å². The lowest BCUT2D eigenvalue weighted by molar-refractivity contribution is 0.0946. The first-order chi connectivity index (χ1) is 12.6. The molecule has 1 heterocycles. The molecular formula is C20H28N4O2. The van der Waals surface area contributed by atoms with Crippen LogP contribution in [0.25, 0.3) is 0 Å². The average molecular weight is 356 g/mol. The highest BCUT2D eigenvalue weighted by molar-refractivity contribution is 5.94. The zero-order chi connectivity index (χ0) is 18.5. The number of aryl methyl sites for hydroxylation is 1. The van der Waals surface area contributed by atoms with Crippen molar-refractivity contribution in [2.45, 2.75) is 31.7 Å². The number of hydrogen-bond acceptors (Lipinski definition) is 4. The number of fused-ring (bicyclic) bond motifs is 1. The van der Waals surface area contributed by atoms with E-state index in [4.69, 9.17) is 0 Å². The van der Waals surface area contributed by atoms with Gasteiger partial charge in [0, 0.05) is 37.4 Å². The first kappa shape index (κ1) is 18.6. The fraction of sp³-hybridized carbons (Fsp3) is 0.500. The maximum atomic E-state index is 12.7. The van der Waals surface area contributed by atoms with Gasteiger partial charge in [-0.3, -0.25) is 9.48 Å². The van der Waals surface area contributed by atoms with Crippen molar-refractivity contribution in [2.75, 3.05) is 26.7 Å². The molecule has 1 amide bonds. The Kier molecular flexibility index (Phi) is 6.06. The average Bonchev–Trinajstić information content (AvgIpc) is 2.99. The van der Waals surface area contributed by atoms with Crippen molar-refractivity contribution in [3.05, 3.63) is 52.8 Å². The van der Waals surface area contributed by atoms with E-state index in [-0.39, 0.29) is 12.5 Å². The number of aromatic nitrogens is 2. The fourth-order valence-electron chi connectivity index (χ4n) is 3.72. The van der Waals surface area contributed by atoms with Gasteiger partial charge < -0.3 is 15.3 Å². The number of aliphatic hydroxyl groups excluding tert-OH is 1. The molecule has 0 saturated heterocycles. The van der Waals surface area contributed by atoms with Gasteiger partial charge in [0.1, 0.15) is 0 Å². The van der Waals surface area contributed by atoms with Crippen LogP contribution in [0.4, 0.5) is 0 Å². The summed E-state index contributed by atoms with van der Waals surface area (Å²) in [6.45, 7) is 1.40. The number of benzene rings is 1. The lowest BCUT2D eigenvalue weighted by Crippen LogP contribution is -2.38. The molecule has 3 rings (SSSR count). The van der Waals surface area contributed by atoms with E-state index in [0.717, 1.165) is 36.9 Å². The van der Waals surface area contributed by atoms with Crippen LogP contribution in [0.1, 0.15) is 33.7 Å². The van der Waals surface area contributed by atoms with E-state index in [1.54, 1.807) is 0 Å². The fourth-order valence-corrected chi connectivity index (χ4v) is 3.72. The van der Waals surface area contributed by atoms with Gasteiger partial charge in [0.2, 0.25) is 0 Å². The molecule has 0 aliphatic heterocycles. The Hall–Kier alpha value is -2.18. The summed E-state index contributed by atoms with van der Waals surface area (Å²) in [6, 6.07) is 10.5. The highest BCUT2D eigenvalue weighted by Crippen LogP contribution is 2.26. The van der Waals surface area contributed by atoms with E-state index in [0.29, 0.717) is 24.8 Å². The minimum Gasteiger partial charge on any atom is -0.395 e. The summed E-state index contributed by atoms with van der Waals surface area (Å²) in [7, 11) is 3.94. The second-order valence-electron chi connectivity index (χ2n) is 6.99. The third kappa shape index (κ3) is 4.14. The van der Waals surface area contributed by atoms with Crippen molar-refractivity contribution >= 4 is 5.91 Å². The zero-order valence-corrected chi connectivity index (χ0v) is 15.6. The summed E-state index contributed by atoms with van der Waals surface area (Å²) < 4.78 is 1.85. The standard InChI is InChI=1S/C20H28N4O2/c1-23(12-13-25)16-8-9-18-17(14-16)19(22-24(18)2)20(26)21-11-10-15-6-4-3-5-7-15/h3-7,16,25H,8-14H2,1-2H3,(H,21,26). The van der Waals surface area contributed by atoms with Crippen LogP contribution in [0.15, 0.2) is 30.3 Å². The minimum atomic E-state index is -0.0942. The highest BCUT2D eigenvalue weighted by Gasteiger charge is 2.29. The summed E-state index contributed by atoms with van der Waals surface area (Å²) in [6.07, 6.45) is 3.55. The number of aliphatic hydroxyl groups is 1. The molecule has 6 nitrogen and oxygen atoms in total. The molecule has 1 aliphatic carbocycles. The van der Waals surface area contributed by atoms with Crippen molar-refractivity contribution in [3.8, 4) is 0 Å². The van der Waals surface area contributed by atoms with Crippen LogP contribution >= 0.6 is 0 Å². The van der Waals surface area contributed by atoms with Crippen LogP contribution in [-0.4, -0.2) is 58.5 Å². The van der Waals surface area contributed by atoms with E-state index < -0.39 is 0 Å². The minimum absolute atomic E-state index is 0.0942. The summed E-state index contributed by atoms with van der Waals surface area (Å²) >= 11 is 0.